The van der Waals surface area contributed by atoms with Crippen molar-refractivity contribution in [1.29, 1.82) is 0 Å². The van der Waals surface area contributed by atoms with Crippen LogP contribution in [0.25, 0.3) is 0 Å². The topological polar surface area (TPSA) is 0 Å². The second-order valence-corrected chi connectivity index (χ2v) is 21.2. The van der Waals surface area contributed by atoms with Crippen LogP contribution in [-0.4, -0.2) is 6.16 Å². The van der Waals surface area contributed by atoms with Crippen molar-refractivity contribution in [2.45, 2.75) is 51.4 Å². The molecule has 0 heterocycles. The van der Waals surface area contributed by atoms with E-state index in [0.717, 1.165) is 5.92 Å². The van der Waals surface area contributed by atoms with E-state index in [4.69, 9.17) is 0 Å². The molecule has 0 unspecified atom stereocenters. The van der Waals surface area contributed by atoms with Crippen molar-refractivity contribution in [3.63, 3.8) is 0 Å². The molecule has 0 bridgehead atoms. The van der Waals surface area contributed by atoms with Gasteiger partial charge in [0.2, 0.25) is 0 Å². The van der Waals surface area contributed by atoms with Crippen LogP contribution in [0, 0.1) is 5.92 Å². The first kappa shape index (κ1) is 25.7. The predicted octanol–water partition coefficient (Wildman–Crippen LogP) is 8.79. The minimum atomic E-state index is -2.68. The van der Waals surface area contributed by atoms with Gasteiger partial charge in [-0.15, -0.1) is 0 Å². The van der Waals surface area contributed by atoms with Crippen molar-refractivity contribution in [2.75, 3.05) is 6.16 Å². The Labute approximate surface area is 231 Å². The molecule has 1 aliphatic carbocycles. The van der Waals surface area contributed by atoms with Gasteiger partial charge in [-0.25, -0.2) is 0 Å². The molecular formula is C34H38IP. The van der Waals surface area contributed by atoms with Gasteiger partial charge in [-0.2, -0.15) is 0 Å². The van der Waals surface area contributed by atoms with Gasteiger partial charge >= 0.3 is 232 Å². The van der Waals surface area contributed by atoms with Gasteiger partial charge in [0.15, 0.2) is 0 Å². The van der Waals surface area contributed by atoms with Gasteiger partial charge in [-0.1, -0.05) is 0 Å². The van der Waals surface area contributed by atoms with Crippen molar-refractivity contribution in [2.24, 2.45) is 5.92 Å². The van der Waals surface area contributed by atoms with E-state index >= 15 is 0 Å². The van der Waals surface area contributed by atoms with Crippen LogP contribution in [0.2, 0.25) is 0 Å². The quantitative estimate of drug-likeness (QED) is 0.139. The molecule has 0 spiro atoms. The standard InChI is InChI=1S/C34H38IP/c1-2-12-28-19-23-30(24-20-28)31-25-21-29(22-26-31)27-36(35,32-13-6-3-7-14-32,33-15-8-4-9-16-33)34-17-10-5-11-18-34/h3-11,13-20,23-24,29,31H,2,12,21-22,25-27H2,1H3. The number of aryl methyl sites for hydroxylation is 1. The molecule has 2 heteroatoms. The molecule has 36 heavy (non-hydrogen) atoms. The first-order valence-electron chi connectivity index (χ1n) is 13.6. The zero-order valence-corrected chi connectivity index (χ0v) is 24.5. The summed E-state index contributed by atoms with van der Waals surface area (Å²) < 4.78 is -2.68. The monoisotopic (exact) mass is 604 g/mol. The summed E-state index contributed by atoms with van der Waals surface area (Å²) in [4.78, 5) is 0. The summed E-state index contributed by atoms with van der Waals surface area (Å²) in [6.07, 6.45) is 8.89. The maximum atomic E-state index is 2.97. The maximum absolute atomic E-state index is 2.97. The Bertz CT molecular complexity index is 1130. The molecule has 4 aromatic rings. The van der Waals surface area contributed by atoms with Crippen LogP contribution in [-0.2, 0) is 6.42 Å². The predicted molar refractivity (Wildman–Crippen MR) is 169 cm³/mol. The van der Waals surface area contributed by atoms with Gasteiger partial charge in [0.05, 0.1) is 0 Å². The van der Waals surface area contributed by atoms with E-state index in [9.17, 15) is 0 Å². The molecule has 0 amide bonds. The second kappa shape index (κ2) is 11.2. The fourth-order valence-corrected chi connectivity index (χ4v) is 16.2. The zero-order valence-electron chi connectivity index (χ0n) is 21.4. The Hall–Kier alpha value is -1.96. The van der Waals surface area contributed by atoms with Crippen LogP contribution >= 0.6 is 26.3 Å². The average Bonchev–Trinajstić information content (AvgIpc) is 2.96. The third-order valence-corrected chi connectivity index (χ3v) is 19.8. The van der Waals surface area contributed by atoms with Crippen molar-refractivity contribution < 1.29 is 0 Å². The molecule has 5 rings (SSSR count). The van der Waals surface area contributed by atoms with Gasteiger partial charge < -0.3 is 0 Å². The first-order chi connectivity index (χ1) is 17.6. The zero-order chi connectivity index (χ0) is 24.9. The van der Waals surface area contributed by atoms with Gasteiger partial charge in [0.1, 0.15) is 0 Å². The fraction of sp³-hybridized carbons (Fsp3) is 0.294. The third kappa shape index (κ3) is 4.94. The van der Waals surface area contributed by atoms with Crippen LogP contribution in [0.15, 0.2) is 115 Å². The molecule has 4 aromatic carbocycles. The van der Waals surface area contributed by atoms with E-state index in [-0.39, 0.29) is 0 Å². The number of halogens is 1. The molecule has 0 nitrogen and oxygen atoms in total. The number of hydrogen-bond donors (Lipinski definition) is 0. The number of benzene rings is 4. The van der Waals surface area contributed by atoms with E-state index in [0.29, 0.717) is 5.92 Å². The normalized spacial score (nSPS) is 19.3. The summed E-state index contributed by atoms with van der Waals surface area (Å²) in [5.74, 6) is 1.44. The van der Waals surface area contributed by atoms with Gasteiger partial charge in [0, 0.05) is 0 Å². The number of rotatable bonds is 8. The summed E-state index contributed by atoms with van der Waals surface area (Å²) in [7, 11) is 0. The first-order valence-corrected chi connectivity index (χ1v) is 18.8. The van der Waals surface area contributed by atoms with E-state index in [1.165, 1.54) is 66.2 Å². The summed E-state index contributed by atoms with van der Waals surface area (Å²) in [5.41, 5.74) is 3.03. The Kier molecular flexibility index (Phi) is 7.99. The van der Waals surface area contributed by atoms with Crippen LogP contribution in [0.4, 0.5) is 0 Å². The fourth-order valence-electron chi connectivity index (χ4n) is 6.39. The van der Waals surface area contributed by atoms with E-state index in [1.54, 1.807) is 5.56 Å². The number of hydrogen-bond acceptors (Lipinski definition) is 0. The van der Waals surface area contributed by atoms with Crippen LogP contribution in [0.1, 0.15) is 56.1 Å². The summed E-state index contributed by atoms with van der Waals surface area (Å²) in [6, 6.07) is 43.8. The van der Waals surface area contributed by atoms with E-state index in [2.05, 4.69) is 144 Å². The summed E-state index contributed by atoms with van der Waals surface area (Å²) in [6.45, 7) is 2.26. The molecule has 0 aliphatic heterocycles. The van der Waals surface area contributed by atoms with Crippen LogP contribution < -0.4 is 15.9 Å². The average molecular weight is 605 g/mol. The van der Waals surface area contributed by atoms with Gasteiger partial charge in [-0.05, 0) is 0 Å². The van der Waals surface area contributed by atoms with Crippen LogP contribution in [0.3, 0.4) is 0 Å². The Morgan fingerprint density at radius 1 is 0.611 bits per heavy atom. The van der Waals surface area contributed by atoms with E-state index in [1.807, 2.05) is 0 Å². The van der Waals surface area contributed by atoms with Gasteiger partial charge in [0.25, 0.3) is 0 Å². The van der Waals surface area contributed by atoms with Crippen molar-refractivity contribution in [1.82, 2.24) is 0 Å². The minimum absolute atomic E-state index is 0.710. The molecule has 1 aliphatic rings. The molecule has 1 fully saturated rings. The van der Waals surface area contributed by atoms with Crippen molar-refractivity contribution in [3.05, 3.63) is 126 Å². The third-order valence-electron chi connectivity index (χ3n) is 8.32. The van der Waals surface area contributed by atoms with Gasteiger partial charge in [-0.3, -0.25) is 0 Å². The Morgan fingerprint density at radius 2 is 1.06 bits per heavy atom. The Morgan fingerprint density at radius 3 is 1.47 bits per heavy atom. The Balaban J connectivity index is 1.48. The molecular weight excluding hydrogens is 566 g/mol. The van der Waals surface area contributed by atoms with Crippen molar-refractivity contribution in [3.8, 4) is 0 Å². The molecule has 0 aromatic heterocycles. The molecule has 1 saturated carbocycles. The van der Waals surface area contributed by atoms with E-state index < -0.39 is 4.25 Å². The molecule has 0 saturated heterocycles. The molecule has 0 atom stereocenters. The second-order valence-electron chi connectivity index (χ2n) is 10.6. The van der Waals surface area contributed by atoms with Crippen LogP contribution in [0.5, 0.6) is 0 Å². The molecule has 0 radical (unpaired) electrons. The summed E-state index contributed by atoms with van der Waals surface area (Å²) >= 11 is 2.97. The molecule has 0 N–H and O–H groups in total. The molecule has 186 valence electrons. The van der Waals surface area contributed by atoms with Crippen molar-refractivity contribution >= 4 is 42.2 Å². The summed E-state index contributed by atoms with van der Waals surface area (Å²) in [5, 5.41) is 4.53. The SMILES string of the molecule is CCCc1ccc(C2CCC(CP(I)(c3ccccc3)(c3ccccc3)c3ccccc3)CC2)cc1.